The lowest BCUT2D eigenvalue weighted by atomic mass is 9.75. The van der Waals surface area contributed by atoms with Crippen molar-refractivity contribution in [2.45, 2.75) is 82.7 Å². The third-order valence-corrected chi connectivity index (χ3v) is 6.87. The van der Waals surface area contributed by atoms with E-state index in [4.69, 9.17) is 9.97 Å². The number of piperidine rings is 1. The Labute approximate surface area is 168 Å². The first-order chi connectivity index (χ1) is 13.7. The molecule has 1 aromatic carbocycles. The van der Waals surface area contributed by atoms with Crippen molar-refractivity contribution in [3.05, 3.63) is 47.3 Å². The van der Waals surface area contributed by atoms with E-state index in [-0.39, 0.29) is 0 Å². The normalized spacial score (nSPS) is 24.5. The van der Waals surface area contributed by atoms with Gasteiger partial charge in [0.1, 0.15) is 17.5 Å². The van der Waals surface area contributed by atoms with E-state index in [1.807, 2.05) is 0 Å². The third kappa shape index (κ3) is 3.27. The van der Waals surface area contributed by atoms with Gasteiger partial charge in [0.25, 0.3) is 0 Å². The van der Waals surface area contributed by atoms with Crippen LogP contribution < -0.4 is 10.2 Å². The molecule has 0 amide bonds. The molecule has 1 N–H and O–H groups in total. The van der Waals surface area contributed by atoms with Gasteiger partial charge in [-0.3, -0.25) is 0 Å². The minimum Gasteiger partial charge on any atom is -0.367 e. The Hall–Kier alpha value is -2.10. The minimum atomic E-state index is 0.334. The molecule has 2 bridgehead atoms. The first-order valence-corrected chi connectivity index (χ1v) is 11.2. The molecule has 3 heterocycles. The number of rotatable bonds is 4. The maximum atomic E-state index is 5.02. The van der Waals surface area contributed by atoms with Crippen molar-refractivity contribution in [2.24, 2.45) is 0 Å². The maximum Gasteiger partial charge on any atom is 0.135 e. The molecule has 2 fully saturated rings. The van der Waals surface area contributed by atoms with Gasteiger partial charge in [0.05, 0.1) is 6.04 Å². The van der Waals surface area contributed by atoms with E-state index in [2.05, 4.69) is 54.4 Å². The van der Waals surface area contributed by atoms with E-state index in [0.29, 0.717) is 23.9 Å². The summed E-state index contributed by atoms with van der Waals surface area (Å²) in [6.07, 6.45) is 9.09. The van der Waals surface area contributed by atoms with Gasteiger partial charge in [-0.25, -0.2) is 9.97 Å². The van der Waals surface area contributed by atoms with Crippen LogP contribution in [0.3, 0.4) is 0 Å². The lowest BCUT2D eigenvalue weighted by Gasteiger charge is -2.47. The fourth-order valence-corrected chi connectivity index (χ4v) is 5.38. The summed E-state index contributed by atoms with van der Waals surface area (Å²) in [5.74, 6) is 4.07. The van der Waals surface area contributed by atoms with Crippen LogP contribution in [0.5, 0.6) is 0 Å². The molecule has 4 nitrogen and oxygen atoms in total. The first kappa shape index (κ1) is 18.0. The van der Waals surface area contributed by atoms with Gasteiger partial charge in [0.15, 0.2) is 0 Å². The molecule has 0 spiro atoms. The molecule has 2 atom stereocenters. The Morgan fingerprint density at radius 1 is 0.964 bits per heavy atom. The quantitative estimate of drug-likeness (QED) is 0.734. The standard InChI is InChI=1S/C24H32N4/c1-16(2)24-26-22(25-18-8-4-3-5-9-18)14-23(27-24)28-15-17-12-13-21(28)20-11-7-6-10-19(17)20/h6-7,10-11,14,16-18,21H,3-5,8-9,12-13,15H2,1-2H3,(H,25,26,27)/t17-,21+/m1/s1. The van der Waals surface area contributed by atoms with Crippen LogP contribution in [-0.4, -0.2) is 22.6 Å². The zero-order valence-electron chi connectivity index (χ0n) is 17.2. The van der Waals surface area contributed by atoms with Gasteiger partial charge in [-0.2, -0.15) is 0 Å². The average Bonchev–Trinajstić information content (AvgIpc) is 2.75. The SMILES string of the molecule is CC(C)c1nc(NC2CCCCC2)cc(N2C[C@H]3CC[C@H]2c2ccccc23)n1. The Morgan fingerprint density at radius 3 is 2.54 bits per heavy atom. The van der Waals surface area contributed by atoms with Crippen LogP contribution in [0.15, 0.2) is 30.3 Å². The van der Waals surface area contributed by atoms with Crippen LogP contribution in [0.4, 0.5) is 11.6 Å². The van der Waals surface area contributed by atoms with E-state index < -0.39 is 0 Å². The van der Waals surface area contributed by atoms with Crippen LogP contribution in [0, 0.1) is 0 Å². The zero-order chi connectivity index (χ0) is 19.1. The first-order valence-electron chi connectivity index (χ1n) is 11.2. The number of hydrogen-bond donors (Lipinski definition) is 1. The lowest BCUT2D eigenvalue weighted by Crippen LogP contribution is -2.43. The summed E-state index contributed by atoms with van der Waals surface area (Å²) in [5, 5.41) is 3.74. The van der Waals surface area contributed by atoms with Gasteiger partial charge < -0.3 is 10.2 Å². The molecule has 4 heteroatoms. The van der Waals surface area contributed by atoms with Crippen molar-refractivity contribution < 1.29 is 0 Å². The molecule has 2 aromatic rings. The molecule has 1 aromatic heterocycles. The van der Waals surface area contributed by atoms with Crippen molar-refractivity contribution in [1.82, 2.24) is 9.97 Å². The Bertz CT molecular complexity index is 840. The Kier molecular flexibility index (Phi) is 4.73. The van der Waals surface area contributed by atoms with Gasteiger partial charge in [0, 0.05) is 30.5 Å². The number of anilines is 2. The molecule has 6 rings (SSSR count). The zero-order valence-corrected chi connectivity index (χ0v) is 17.2. The van der Waals surface area contributed by atoms with Crippen LogP contribution in [0.2, 0.25) is 0 Å². The predicted octanol–water partition coefficient (Wildman–Crippen LogP) is 5.78. The smallest absolute Gasteiger partial charge is 0.135 e. The highest BCUT2D eigenvalue weighted by molar-refractivity contribution is 5.55. The highest BCUT2D eigenvalue weighted by atomic mass is 15.2. The number of aromatic nitrogens is 2. The number of benzene rings is 1. The summed E-state index contributed by atoms with van der Waals surface area (Å²) in [7, 11) is 0. The fourth-order valence-electron chi connectivity index (χ4n) is 5.38. The number of hydrogen-bond acceptors (Lipinski definition) is 4. The van der Waals surface area contributed by atoms with Crippen molar-refractivity contribution >= 4 is 11.6 Å². The third-order valence-electron chi connectivity index (χ3n) is 6.87. The van der Waals surface area contributed by atoms with Gasteiger partial charge in [-0.15, -0.1) is 0 Å². The summed E-state index contributed by atoms with van der Waals surface area (Å²) >= 11 is 0. The van der Waals surface area contributed by atoms with E-state index >= 15 is 0 Å². The van der Waals surface area contributed by atoms with Gasteiger partial charge >= 0.3 is 0 Å². The summed E-state index contributed by atoms with van der Waals surface area (Å²) in [4.78, 5) is 12.4. The lowest BCUT2D eigenvalue weighted by molar-refractivity contribution is 0.386. The van der Waals surface area contributed by atoms with E-state index in [1.165, 1.54) is 50.5 Å². The van der Waals surface area contributed by atoms with Gasteiger partial charge in [-0.05, 0) is 36.8 Å². The van der Waals surface area contributed by atoms with Gasteiger partial charge in [-0.1, -0.05) is 57.4 Å². The van der Waals surface area contributed by atoms with Crippen LogP contribution in [0.25, 0.3) is 0 Å². The summed E-state index contributed by atoms with van der Waals surface area (Å²) in [5.41, 5.74) is 3.07. The molecule has 2 aliphatic carbocycles. The van der Waals surface area contributed by atoms with E-state index in [0.717, 1.165) is 24.0 Å². The second kappa shape index (κ2) is 7.38. The van der Waals surface area contributed by atoms with E-state index in [1.54, 1.807) is 5.56 Å². The number of nitrogens with zero attached hydrogens (tertiary/aromatic N) is 3. The molecule has 0 radical (unpaired) electrons. The van der Waals surface area contributed by atoms with Crippen LogP contribution >= 0.6 is 0 Å². The van der Waals surface area contributed by atoms with Crippen molar-refractivity contribution in [3.63, 3.8) is 0 Å². The highest BCUT2D eigenvalue weighted by Crippen LogP contribution is 2.48. The minimum absolute atomic E-state index is 0.334. The number of fused-ring (bicyclic) bond motifs is 2. The molecular formula is C24H32N4. The Balaban J connectivity index is 1.48. The molecule has 1 saturated heterocycles. The molecule has 28 heavy (non-hydrogen) atoms. The second-order valence-electron chi connectivity index (χ2n) is 9.17. The van der Waals surface area contributed by atoms with Crippen molar-refractivity contribution in [3.8, 4) is 0 Å². The molecule has 1 saturated carbocycles. The summed E-state index contributed by atoms with van der Waals surface area (Å²) in [6, 6.07) is 12.3. The Morgan fingerprint density at radius 2 is 1.75 bits per heavy atom. The molecule has 2 aliphatic heterocycles. The molecular weight excluding hydrogens is 344 g/mol. The monoisotopic (exact) mass is 376 g/mol. The van der Waals surface area contributed by atoms with Crippen LogP contribution in [-0.2, 0) is 0 Å². The topological polar surface area (TPSA) is 41.1 Å². The van der Waals surface area contributed by atoms with Crippen LogP contribution in [0.1, 0.15) is 93.6 Å². The largest absolute Gasteiger partial charge is 0.367 e. The van der Waals surface area contributed by atoms with Gasteiger partial charge in [0.2, 0.25) is 0 Å². The molecule has 148 valence electrons. The average molecular weight is 377 g/mol. The number of nitrogens with one attached hydrogen (secondary N) is 1. The maximum absolute atomic E-state index is 5.02. The van der Waals surface area contributed by atoms with Crippen molar-refractivity contribution in [1.29, 1.82) is 0 Å². The summed E-state index contributed by atoms with van der Waals surface area (Å²) in [6.45, 7) is 5.47. The van der Waals surface area contributed by atoms with E-state index in [9.17, 15) is 0 Å². The highest BCUT2D eigenvalue weighted by Gasteiger charge is 2.38. The predicted molar refractivity (Wildman–Crippen MR) is 115 cm³/mol. The fraction of sp³-hybridized carbons (Fsp3) is 0.583. The molecule has 4 aliphatic rings. The van der Waals surface area contributed by atoms with Crippen molar-refractivity contribution in [2.75, 3.05) is 16.8 Å². The second-order valence-corrected chi connectivity index (χ2v) is 9.17. The molecule has 0 unspecified atom stereocenters. The summed E-state index contributed by atoms with van der Waals surface area (Å²) < 4.78 is 0.